The summed E-state index contributed by atoms with van der Waals surface area (Å²) in [4.78, 5) is 27.7. The van der Waals surface area contributed by atoms with Gasteiger partial charge in [0.2, 0.25) is 5.91 Å². The minimum absolute atomic E-state index is 0.0359. The highest BCUT2D eigenvalue weighted by atomic mass is 32.2. The summed E-state index contributed by atoms with van der Waals surface area (Å²) in [6, 6.07) is 5.10. The van der Waals surface area contributed by atoms with Crippen molar-refractivity contribution in [1.29, 1.82) is 0 Å². The number of amides is 2. The van der Waals surface area contributed by atoms with Gasteiger partial charge in [0.05, 0.1) is 5.52 Å². The molecule has 1 aromatic carbocycles. The lowest BCUT2D eigenvalue weighted by molar-refractivity contribution is -0.124. The van der Waals surface area contributed by atoms with E-state index in [1.54, 1.807) is 11.0 Å². The Labute approximate surface area is 214 Å². The lowest BCUT2D eigenvalue weighted by Gasteiger charge is -2.33. The molecule has 0 saturated carbocycles. The van der Waals surface area contributed by atoms with Crippen LogP contribution in [0.5, 0.6) is 0 Å². The maximum Gasteiger partial charge on any atom is 0.254 e. The number of hydrogen-bond donors (Lipinski definition) is 1. The summed E-state index contributed by atoms with van der Waals surface area (Å²) in [5.41, 5.74) is 3.83. The Morgan fingerprint density at radius 2 is 1.97 bits per heavy atom. The molecule has 3 atom stereocenters. The van der Waals surface area contributed by atoms with Crippen LogP contribution >= 0.6 is 0 Å². The van der Waals surface area contributed by atoms with E-state index >= 15 is 0 Å². The van der Waals surface area contributed by atoms with Gasteiger partial charge >= 0.3 is 0 Å². The summed E-state index contributed by atoms with van der Waals surface area (Å²) in [7, 11) is -1.16. The second kappa shape index (κ2) is 11.0. The van der Waals surface area contributed by atoms with Crippen molar-refractivity contribution in [2.24, 2.45) is 11.8 Å². The number of halogens is 1. The van der Waals surface area contributed by atoms with E-state index in [0.717, 1.165) is 68.3 Å². The minimum atomic E-state index is -1.16. The van der Waals surface area contributed by atoms with Crippen molar-refractivity contribution in [3.63, 3.8) is 0 Å². The molecule has 3 aliphatic rings. The number of nitrogens with one attached hydrogen (secondary N) is 1. The molecule has 2 aromatic rings. The molecular weight excluding hydrogens is 481 g/mol. The molecule has 0 radical (unpaired) electrons. The van der Waals surface area contributed by atoms with Crippen LogP contribution in [0, 0.1) is 11.8 Å². The number of likely N-dealkylation sites (tertiary alicyclic amines) is 1. The SMILES string of the molecule is CCS(=O)n1c2c(c3cc(C(=O)N4CCC[C@@H]4C(=O)NCCF)ccc31)CC(C1CCOCC1)CC2. The van der Waals surface area contributed by atoms with Gasteiger partial charge in [-0.15, -0.1) is 0 Å². The van der Waals surface area contributed by atoms with E-state index in [2.05, 4.69) is 5.32 Å². The summed E-state index contributed by atoms with van der Waals surface area (Å²) in [5.74, 6) is 1.27. The largest absolute Gasteiger partial charge is 0.381 e. The molecular formula is C27H36FN3O4S. The zero-order valence-electron chi connectivity index (χ0n) is 21.0. The third-order valence-corrected chi connectivity index (χ3v) is 9.51. The zero-order chi connectivity index (χ0) is 25.2. The molecule has 36 heavy (non-hydrogen) atoms. The van der Waals surface area contributed by atoms with Crippen LogP contribution in [-0.4, -0.2) is 69.7 Å². The Balaban J connectivity index is 1.48. The summed E-state index contributed by atoms with van der Waals surface area (Å²) >= 11 is 0. The number of fused-ring (bicyclic) bond motifs is 3. The van der Waals surface area contributed by atoms with E-state index in [-0.39, 0.29) is 18.4 Å². The van der Waals surface area contributed by atoms with Crippen LogP contribution in [0.4, 0.5) is 4.39 Å². The molecule has 2 amide bonds. The molecule has 5 rings (SSSR count). The Kier molecular flexibility index (Phi) is 7.76. The lowest BCUT2D eigenvalue weighted by Crippen LogP contribution is -2.46. The zero-order valence-corrected chi connectivity index (χ0v) is 21.8. The Morgan fingerprint density at radius 3 is 2.72 bits per heavy atom. The van der Waals surface area contributed by atoms with Crippen LogP contribution in [0.15, 0.2) is 18.2 Å². The van der Waals surface area contributed by atoms with Crippen molar-refractivity contribution in [2.75, 3.05) is 38.7 Å². The first-order chi connectivity index (χ1) is 17.5. The third-order valence-electron chi connectivity index (χ3n) is 8.19. The van der Waals surface area contributed by atoms with Crippen LogP contribution in [-0.2, 0) is 33.4 Å². The highest BCUT2D eigenvalue weighted by Gasteiger charge is 2.36. The number of carbonyl (C=O) groups is 2. The molecule has 3 heterocycles. The van der Waals surface area contributed by atoms with Gasteiger partial charge < -0.3 is 15.0 Å². The van der Waals surface area contributed by atoms with E-state index in [1.807, 2.05) is 23.0 Å². The first-order valence-corrected chi connectivity index (χ1v) is 14.6. The predicted octanol–water partition coefficient (Wildman–Crippen LogP) is 3.39. The number of hydrogen-bond acceptors (Lipinski definition) is 4. The van der Waals surface area contributed by atoms with Crippen molar-refractivity contribution >= 4 is 33.7 Å². The van der Waals surface area contributed by atoms with Crippen LogP contribution < -0.4 is 5.32 Å². The lowest BCUT2D eigenvalue weighted by atomic mass is 9.75. The van der Waals surface area contributed by atoms with Crippen LogP contribution in [0.3, 0.4) is 0 Å². The van der Waals surface area contributed by atoms with Crippen molar-refractivity contribution in [1.82, 2.24) is 14.2 Å². The predicted molar refractivity (Wildman–Crippen MR) is 138 cm³/mol. The van der Waals surface area contributed by atoms with E-state index in [9.17, 15) is 18.2 Å². The Morgan fingerprint density at radius 1 is 1.17 bits per heavy atom. The van der Waals surface area contributed by atoms with Crippen LogP contribution in [0.25, 0.3) is 10.9 Å². The van der Waals surface area contributed by atoms with Gasteiger partial charge in [-0.2, -0.15) is 0 Å². The average molecular weight is 518 g/mol. The van der Waals surface area contributed by atoms with E-state index in [4.69, 9.17) is 4.74 Å². The molecule has 2 unspecified atom stereocenters. The van der Waals surface area contributed by atoms with E-state index < -0.39 is 23.7 Å². The quantitative estimate of drug-likeness (QED) is 0.611. The van der Waals surface area contributed by atoms with Crippen molar-refractivity contribution in [2.45, 2.75) is 57.9 Å². The molecule has 7 nitrogen and oxygen atoms in total. The van der Waals surface area contributed by atoms with Crippen molar-refractivity contribution in [3.05, 3.63) is 35.0 Å². The number of rotatable bonds is 7. The van der Waals surface area contributed by atoms with E-state index in [0.29, 0.717) is 36.1 Å². The molecule has 196 valence electrons. The fourth-order valence-corrected chi connectivity index (χ4v) is 7.45. The summed E-state index contributed by atoms with van der Waals surface area (Å²) < 4.78 is 33.2. The Hall–Kier alpha value is -2.26. The molecule has 1 aliphatic carbocycles. The van der Waals surface area contributed by atoms with E-state index in [1.165, 1.54) is 5.56 Å². The number of carbonyl (C=O) groups excluding carboxylic acids is 2. The van der Waals surface area contributed by atoms with Gasteiger partial charge in [-0.25, -0.2) is 8.60 Å². The number of alkyl halides is 1. The number of benzene rings is 1. The van der Waals surface area contributed by atoms with Gasteiger partial charge in [-0.1, -0.05) is 6.92 Å². The van der Waals surface area contributed by atoms with Gasteiger partial charge in [-0.3, -0.25) is 13.6 Å². The normalized spacial score (nSPS) is 23.6. The van der Waals surface area contributed by atoms with Gasteiger partial charge in [0.25, 0.3) is 5.91 Å². The van der Waals surface area contributed by atoms with Crippen molar-refractivity contribution < 1.29 is 22.9 Å². The highest BCUT2D eigenvalue weighted by Crippen LogP contribution is 2.40. The van der Waals surface area contributed by atoms with Crippen LogP contribution in [0.2, 0.25) is 0 Å². The summed E-state index contributed by atoms with van der Waals surface area (Å²) in [5, 5.41) is 3.59. The van der Waals surface area contributed by atoms with Crippen molar-refractivity contribution in [3.8, 4) is 0 Å². The molecule has 1 aromatic heterocycles. The molecule has 0 spiro atoms. The first-order valence-electron chi connectivity index (χ1n) is 13.3. The fraction of sp³-hybridized carbons (Fsp3) is 0.630. The smallest absolute Gasteiger partial charge is 0.254 e. The molecule has 2 fully saturated rings. The van der Waals surface area contributed by atoms with Gasteiger partial charge in [0.1, 0.15) is 23.7 Å². The summed E-state index contributed by atoms with van der Waals surface area (Å²) in [6.07, 6.45) is 6.41. The van der Waals surface area contributed by atoms with Gasteiger partial charge in [0, 0.05) is 48.7 Å². The third kappa shape index (κ3) is 4.72. The molecule has 0 bridgehead atoms. The maximum atomic E-state index is 13.5. The topological polar surface area (TPSA) is 80.6 Å². The molecule has 9 heteroatoms. The highest BCUT2D eigenvalue weighted by molar-refractivity contribution is 7.83. The standard InChI is InChI=1S/C27H36FN3O4S/c1-2-36(34)31-23-7-5-19(18-9-14-35-15-10-18)16-21(23)22-17-20(6-8-24(22)31)27(33)30-13-3-4-25(30)26(32)29-12-11-28/h6,8,17-19,25H,2-5,7,9-16H2,1H3,(H,29,32)/t19?,25-,36?/m1/s1. The van der Waals surface area contributed by atoms with Gasteiger partial charge in [-0.05, 0) is 80.5 Å². The number of aromatic nitrogens is 1. The molecule has 2 saturated heterocycles. The average Bonchev–Trinajstić information content (AvgIpc) is 3.54. The van der Waals surface area contributed by atoms with Gasteiger partial charge in [0.15, 0.2) is 0 Å². The van der Waals surface area contributed by atoms with Crippen LogP contribution in [0.1, 0.15) is 60.6 Å². The number of nitrogens with zero attached hydrogens (tertiary/aromatic N) is 2. The monoisotopic (exact) mass is 517 g/mol. The maximum absolute atomic E-state index is 13.5. The fourth-order valence-electron chi connectivity index (χ4n) is 6.37. The second-order valence-electron chi connectivity index (χ2n) is 10.2. The molecule has 1 N–H and O–H groups in total. The number of ether oxygens (including phenoxy) is 1. The summed E-state index contributed by atoms with van der Waals surface area (Å²) in [6.45, 7) is 3.43. The second-order valence-corrected chi connectivity index (χ2v) is 11.7. The first kappa shape index (κ1) is 25.4. The minimum Gasteiger partial charge on any atom is -0.381 e. The Bertz CT molecular complexity index is 1160. The molecule has 2 aliphatic heterocycles.